The Morgan fingerprint density at radius 2 is 1.75 bits per heavy atom. The highest BCUT2D eigenvalue weighted by atomic mass is 32.2. The van der Waals surface area contributed by atoms with Crippen LogP contribution < -0.4 is 4.83 Å². The van der Waals surface area contributed by atoms with Crippen molar-refractivity contribution in [1.82, 2.24) is 4.83 Å². The summed E-state index contributed by atoms with van der Waals surface area (Å²) >= 11 is 0. The van der Waals surface area contributed by atoms with Crippen molar-refractivity contribution < 1.29 is 12.8 Å². The third kappa shape index (κ3) is 3.42. The molecule has 2 aromatic rings. The van der Waals surface area contributed by atoms with E-state index in [2.05, 4.69) is 5.10 Å². The lowest BCUT2D eigenvalue weighted by molar-refractivity contribution is 0.584. The molecule has 0 atom stereocenters. The minimum atomic E-state index is -3.73. The van der Waals surface area contributed by atoms with Gasteiger partial charge in [-0.1, -0.05) is 35.9 Å². The third-order valence-electron chi connectivity index (χ3n) is 2.61. The lowest BCUT2D eigenvalue weighted by Gasteiger charge is -2.03. The van der Waals surface area contributed by atoms with Crippen LogP contribution in [0.25, 0.3) is 0 Å². The fourth-order valence-corrected chi connectivity index (χ4v) is 2.31. The number of nitrogens with zero attached hydrogens (tertiary/aromatic N) is 1. The van der Waals surface area contributed by atoms with Gasteiger partial charge in [0.1, 0.15) is 5.82 Å². The van der Waals surface area contributed by atoms with Crippen LogP contribution >= 0.6 is 0 Å². The molecule has 0 unspecified atom stereocenters. The Balaban J connectivity index is 2.14. The number of hydrogen-bond donors (Lipinski definition) is 1. The summed E-state index contributed by atoms with van der Waals surface area (Å²) in [6.07, 6.45) is 1.13. The number of sulfonamides is 1. The second-order valence-electron chi connectivity index (χ2n) is 4.19. The first-order valence-corrected chi connectivity index (χ1v) is 7.33. The first kappa shape index (κ1) is 14.2. The topological polar surface area (TPSA) is 58.5 Å². The molecule has 6 heteroatoms. The van der Waals surface area contributed by atoms with Gasteiger partial charge in [0.15, 0.2) is 0 Å². The first-order chi connectivity index (χ1) is 9.49. The average molecular weight is 292 g/mol. The summed E-state index contributed by atoms with van der Waals surface area (Å²) in [6, 6.07) is 12.3. The summed E-state index contributed by atoms with van der Waals surface area (Å²) in [5.74, 6) is -0.467. The van der Waals surface area contributed by atoms with Crippen LogP contribution in [0.1, 0.15) is 11.1 Å². The molecule has 0 saturated heterocycles. The Hall–Kier alpha value is -2.21. The van der Waals surface area contributed by atoms with Crippen LogP contribution in [0.4, 0.5) is 4.39 Å². The van der Waals surface area contributed by atoms with Crippen LogP contribution in [0.2, 0.25) is 0 Å². The molecule has 0 bridgehead atoms. The number of nitrogens with one attached hydrogen (secondary N) is 1. The van der Waals surface area contributed by atoms with E-state index in [4.69, 9.17) is 0 Å². The minimum Gasteiger partial charge on any atom is -0.206 e. The summed E-state index contributed by atoms with van der Waals surface area (Å²) in [5.41, 5.74) is 1.16. The van der Waals surface area contributed by atoms with Crippen molar-refractivity contribution in [1.29, 1.82) is 0 Å². The van der Waals surface area contributed by atoms with Gasteiger partial charge in [-0.15, -0.1) is 0 Å². The maximum atomic E-state index is 13.3. The molecular formula is C14H13FN2O2S. The molecule has 2 rings (SSSR count). The maximum absolute atomic E-state index is 13.3. The highest BCUT2D eigenvalue weighted by Gasteiger charge is 2.11. The Bertz CT molecular complexity index is 725. The average Bonchev–Trinajstić information content (AvgIpc) is 2.41. The molecule has 0 aromatic heterocycles. The van der Waals surface area contributed by atoms with Gasteiger partial charge in [0, 0.05) is 5.56 Å². The van der Waals surface area contributed by atoms with Crippen LogP contribution in [-0.2, 0) is 10.0 Å². The van der Waals surface area contributed by atoms with Gasteiger partial charge in [-0.3, -0.25) is 0 Å². The summed E-state index contributed by atoms with van der Waals surface area (Å²) in [7, 11) is -3.73. The lowest BCUT2D eigenvalue weighted by atomic mass is 10.2. The van der Waals surface area contributed by atoms with E-state index in [1.165, 1.54) is 24.3 Å². The zero-order valence-electron chi connectivity index (χ0n) is 10.7. The Morgan fingerprint density at radius 1 is 1.10 bits per heavy atom. The van der Waals surface area contributed by atoms with Crippen molar-refractivity contribution in [2.24, 2.45) is 5.10 Å². The first-order valence-electron chi connectivity index (χ1n) is 5.85. The Morgan fingerprint density at radius 3 is 2.40 bits per heavy atom. The lowest BCUT2D eigenvalue weighted by Crippen LogP contribution is -2.18. The number of rotatable bonds is 4. The summed E-state index contributed by atoms with van der Waals surface area (Å²) < 4.78 is 37.1. The molecule has 0 radical (unpaired) electrons. The monoisotopic (exact) mass is 292 g/mol. The Labute approximate surface area is 117 Å². The molecule has 0 amide bonds. The van der Waals surface area contributed by atoms with E-state index in [1.807, 2.05) is 11.8 Å². The molecule has 0 spiro atoms. The summed E-state index contributed by atoms with van der Waals surface area (Å²) in [5, 5.41) is 3.57. The van der Waals surface area contributed by atoms with E-state index in [9.17, 15) is 12.8 Å². The summed E-state index contributed by atoms with van der Waals surface area (Å²) in [6.45, 7) is 1.86. The predicted octanol–water partition coefficient (Wildman–Crippen LogP) is 2.45. The highest BCUT2D eigenvalue weighted by Crippen LogP contribution is 2.09. The molecule has 0 aliphatic rings. The van der Waals surface area contributed by atoms with Crippen LogP contribution in [0, 0.1) is 12.7 Å². The number of hydrogen-bond acceptors (Lipinski definition) is 3. The van der Waals surface area contributed by atoms with E-state index >= 15 is 0 Å². The van der Waals surface area contributed by atoms with Crippen molar-refractivity contribution in [3.05, 3.63) is 65.5 Å². The number of halogens is 1. The zero-order valence-corrected chi connectivity index (χ0v) is 11.6. The van der Waals surface area contributed by atoms with Crippen molar-refractivity contribution in [3.8, 4) is 0 Å². The van der Waals surface area contributed by atoms with E-state index in [1.54, 1.807) is 24.3 Å². The second-order valence-corrected chi connectivity index (χ2v) is 5.85. The molecule has 0 heterocycles. The van der Waals surface area contributed by atoms with E-state index in [0.717, 1.165) is 11.8 Å². The van der Waals surface area contributed by atoms with E-state index in [0.29, 0.717) is 0 Å². The maximum Gasteiger partial charge on any atom is 0.276 e. The molecule has 0 fully saturated rings. The molecule has 0 aliphatic heterocycles. The van der Waals surface area contributed by atoms with Crippen LogP contribution in [0.15, 0.2) is 58.5 Å². The zero-order chi connectivity index (χ0) is 14.6. The van der Waals surface area contributed by atoms with Gasteiger partial charge >= 0.3 is 0 Å². The molecule has 0 aliphatic carbocycles. The molecule has 104 valence electrons. The fourth-order valence-electron chi connectivity index (χ4n) is 1.52. The van der Waals surface area contributed by atoms with Crippen molar-refractivity contribution in [2.45, 2.75) is 11.8 Å². The van der Waals surface area contributed by atoms with Crippen LogP contribution in [0.3, 0.4) is 0 Å². The fraction of sp³-hybridized carbons (Fsp3) is 0.0714. The van der Waals surface area contributed by atoms with Gasteiger partial charge in [-0.05, 0) is 25.1 Å². The molecule has 20 heavy (non-hydrogen) atoms. The van der Waals surface area contributed by atoms with Crippen molar-refractivity contribution >= 4 is 16.2 Å². The molecule has 0 saturated carbocycles. The minimum absolute atomic E-state index is 0.105. The molecule has 1 N–H and O–H groups in total. The molecule has 2 aromatic carbocycles. The van der Waals surface area contributed by atoms with Gasteiger partial charge < -0.3 is 0 Å². The highest BCUT2D eigenvalue weighted by molar-refractivity contribution is 7.89. The Kier molecular flexibility index (Phi) is 4.14. The standard InChI is InChI=1S/C14H13FN2O2S/c1-11-6-8-13(9-7-11)20(18,19)17-16-10-12-4-2-3-5-14(12)15/h2-10,17H,1H3/b16-10+. The van der Waals surface area contributed by atoms with E-state index in [-0.39, 0.29) is 10.5 Å². The van der Waals surface area contributed by atoms with Gasteiger partial charge in [0.25, 0.3) is 10.0 Å². The normalized spacial score (nSPS) is 11.7. The van der Waals surface area contributed by atoms with E-state index < -0.39 is 15.8 Å². The number of hydrazone groups is 1. The van der Waals surface area contributed by atoms with Gasteiger partial charge in [-0.25, -0.2) is 9.22 Å². The van der Waals surface area contributed by atoms with Gasteiger partial charge in [0.05, 0.1) is 11.1 Å². The third-order valence-corrected chi connectivity index (χ3v) is 3.85. The summed E-state index contributed by atoms with van der Waals surface area (Å²) in [4.78, 5) is 2.15. The van der Waals surface area contributed by atoms with Gasteiger partial charge in [0.2, 0.25) is 0 Å². The number of benzene rings is 2. The van der Waals surface area contributed by atoms with Crippen LogP contribution in [0.5, 0.6) is 0 Å². The predicted molar refractivity (Wildman–Crippen MR) is 75.5 cm³/mol. The molecular weight excluding hydrogens is 279 g/mol. The van der Waals surface area contributed by atoms with Crippen LogP contribution in [-0.4, -0.2) is 14.6 Å². The number of aryl methyl sites for hydroxylation is 1. The molecule has 4 nitrogen and oxygen atoms in total. The smallest absolute Gasteiger partial charge is 0.206 e. The second kappa shape index (κ2) is 5.83. The van der Waals surface area contributed by atoms with Gasteiger partial charge in [-0.2, -0.15) is 13.5 Å². The quantitative estimate of drug-likeness (QED) is 0.695. The SMILES string of the molecule is Cc1ccc(S(=O)(=O)N/N=C/c2ccccc2F)cc1. The van der Waals surface area contributed by atoms with Crippen molar-refractivity contribution in [3.63, 3.8) is 0 Å². The largest absolute Gasteiger partial charge is 0.276 e. The van der Waals surface area contributed by atoms with Crippen molar-refractivity contribution in [2.75, 3.05) is 0 Å².